The average Bonchev–Trinajstić information content (AvgIpc) is 2.37. The maximum atomic E-state index is 8.88. The lowest BCUT2D eigenvalue weighted by atomic mass is 10.0. The minimum atomic E-state index is -0.320. The number of rotatable bonds is 3. The van der Waals surface area contributed by atoms with E-state index in [1.54, 1.807) is 0 Å². The second-order valence-electron chi connectivity index (χ2n) is 4.34. The third-order valence-electron chi connectivity index (χ3n) is 2.96. The molecule has 0 unspecified atom stereocenters. The van der Waals surface area contributed by atoms with Crippen molar-refractivity contribution in [2.75, 3.05) is 0 Å². The second kappa shape index (κ2) is 5.81. The van der Waals surface area contributed by atoms with Crippen LogP contribution in [0.1, 0.15) is 25.3 Å². The van der Waals surface area contributed by atoms with Gasteiger partial charge in [-0.05, 0) is 25.3 Å². The quantitative estimate of drug-likeness (QED) is 0.803. The molecule has 0 aromatic heterocycles. The summed E-state index contributed by atoms with van der Waals surface area (Å²) >= 11 is 0. The Hall–Kier alpha value is -1.37. The van der Waals surface area contributed by atoms with Gasteiger partial charge in [0, 0.05) is 6.42 Å². The van der Waals surface area contributed by atoms with E-state index >= 15 is 0 Å². The van der Waals surface area contributed by atoms with E-state index in [1.165, 1.54) is 5.56 Å². The molecule has 1 aliphatic heterocycles. The lowest BCUT2D eigenvalue weighted by Gasteiger charge is -2.31. The fourth-order valence-corrected chi connectivity index (χ4v) is 2.13. The van der Waals surface area contributed by atoms with Crippen molar-refractivity contribution in [2.24, 2.45) is 0 Å². The largest absolute Gasteiger partial charge is 0.350 e. The Morgan fingerprint density at radius 1 is 1.29 bits per heavy atom. The van der Waals surface area contributed by atoms with Crippen molar-refractivity contribution in [1.29, 1.82) is 5.26 Å². The molecule has 0 N–H and O–H groups in total. The lowest BCUT2D eigenvalue weighted by Crippen LogP contribution is -2.36. The van der Waals surface area contributed by atoms with Crippen LogP contribution in [0.25, 0.3) is 0 Å². The zero-order chi connectivity index (χ0) is 12.1. The van der Waals surface area contributed by atoms with Gasteiger partial charge in [0.1, 0.15) is 6.10 Å². The topological polar surface area (TPSA) is 42.2 Å². The van der Waals surface area contributed by atoms with E-state index < -0.39 is 0 Å². The van der Waals surface area contributed by atoms with Gasteiger partial charge in [-0.15, -0.1) is 0 Å². The fourth-order valence-electron chi connectivity index (χ4n) is 2.13. The number of hydrogen-bond donors (Lipinski definition) is 0. The number of nitrogens with zero attached hydrogens (tertiary/aromatic N) is 1. The van der Waals surface area contributed by atoms with Crippen LogP contribution in [0.5, 0.6) is 0 Å². The van der Waals surface area contributed by atoms with E-state index in [0.717, 1.165) is 12.8 Å². The van der Waals surface area contributed by atoms with Gasteiger partial charge in [-0.3, -0.25) is 0 Å². The number of nitriles is 1. The Morgan fingerprint density at radius 2 is 2.06 bits per heavy atom. The van der Waals surface area contributed by atoms with Crippen LogP contribution in [0.15, 0.2) is 30.3 Å². The van der Waals surface area contributed by atoms with Crippen molar-refractivity contribution in [1.82, 2.24) is 0 Å². The van der Waals surface area contributed by atoms with Crippen LogP contribution in [0, 0.1) is 11.3 Å². The molecule has 0 saturated carbocycles. The van der Waals surface area contributed by atoms with Crippen LogP contribution >= 0.6 is 0 Å². The average molecular weight is 231 g/mol. The highest BCUT2D eigenvalue weighted by molar-refractivity contribution is 5.14. The molecule has 3 heteroatoms. The summed E-state index contributed by atoms with van der Waals surface area (Å²) in [6.45, 7) is 1.85. The fraction of sp³-hybridized carbons (Fsp3) is 0.500. The predicted octanol–water partition coefficient (Wildman–Crippen LogP) is 2.66. The van der Waals surface area contributed by atoms with Crippen LogP contribution in [-0.4, -0.2) is 18.5 Å². The molecule has 0 bridgehead atoms. The maximum absolute atomic E-state index is 8.88. The third-order valence-corrected chi connectivity index (χ3v) is 2.96. The zero-order valence-electron chi connectivity index (χ0n) is 10.0. The Labute approximate surface area is 102 Å². The minimum absolute atomic E-state index is 0.128. The van der Waals surface area contributed by atoms with Gasteiger partial charge in [0.05, 0.1) is 12.2 Å². The molecule has 0 radical (unpaired) electrons. The number of benzene rings is 1. The van der Waals surface area contributed by atoms with Crippen LogP contribution in [-0.2, 0) is 15.9 Å². The van der Waals surface area contributed by atoms with E-state index in [-0.39, 0.29) is 18.5 Å². The van der Waals surface area contributed by atoms with Gasteiger partial charge < -0.3 is 9.47 Å². The van der Waals surface area contributed by atoms with Crippen molar-refractivity contribution in [3.8, 4) is 6.07 Å². The molecule has 1 aromatic rings. The molecular weight excluding hydrogens is 214 g/mol. The van der Waals surface area contributed by atoms with Crippen molar-refractivity contribution in [3.63, 3.8) is 0 Å². The Balaban J connectivity index is 1.85. The summed E-state index contributed by atoms with van der Waals surface area (Å²) in [4.78, 5) is 0. The number of aryl methyl sites for hydroxylation is 1. The summed E-state index contributed by atoms with van der Waals surface area (Å²) in [5, 5.41) is 8.88. The van der Waals surface area contributed by atoms with Gasteiger partial charge in [-0.1, -0.05) is 30.3 Å². The summed E-state index contributed by atoms with van der Waals surface area (Å²) in [6.07, 6.45) is 2.14. The maximum Gasteiger partial charge on any atom is 0.156 e. The highest BCUT2D eigenvalue weighted by atomic mass is 16.7. The zero-order valence-corrected chi connectivity index (χ0v) is 10.0. The first-order valence-corrected chi connectivity index (χ1v) is 6.02. The van der Waals surface area contributed by atoms with Gasteiger partial charge >= 0.3 is 0 Å². The van der Waals surface area contributed by atoms with E-state index in [9.17, 15) is 0 Å². The van der Waals surface area contributed by atoms with Crippen LogP contribution in [0.4, 0.5) is 0 Å². The Morgan fingerprint density at radius 3 is 2.76 bits per heavy atom. The standard InChI is InChI=1S/C14H17NO2/c1-11-16-13(9-14(10-15)17-11)8-7-12-5-3-2-4-6-12/h2-6,11,13-14H,7-9H2,1H3/t11-,13-,14+/m0/s1. The SMILES string of the molecule is C[C@H]1O[C@@H](CCc2ccccc2)C[C@H](C#N)O1. The minimum Gasteiger partial charge on any atom is -0.350 e. The molecule has 1 fully saturated rings. The van der Waals surface area contributed by atoms with Crippen LogP contribution in [0.2, 0.25) is 0 Å². The summed E-state index contributed by atoms with van der Waals surface area (Å²) in [6, 6.07) is 12.5. The van der Waals surface area contributed by atoms with Gasteiger partial charge in [0.25, 0.3) is 0 Å². The molecule has 0 aliphatic carbocycles. The van der Waals surface area contributed by atoms with Crippen molar-refractivity contribution < 1.29 is 9.47 Å². The van der Waals surface area contributed by atoms with E-state index in [1.807, 2.05) is 25.1 Å². The van der Waals surface area contributed by atoms with E-state index in [4.69, 9.17) is 14.7 Å². The molecule has 3 atom stereocenters. The number of ether oxygens (including phenoxy) is 2. The Bertz CT molecular complexity index is 385. The summed E-state index contributed by atoms with van der Waals surface area (Å²) in [7, 11) is 0. The molecule has 1 heterocycles. The predicted molar refractivity (Wildman–Crippen MR) is 64.2 cm³/mol. The van der Waals surface area contributed by atoms with Crippen molar-refractivity contribution >= 4 is 0 Å². The van der Waals surface area contributed by atoms with Gasteiger partial charge in [-0.25, -0.2) is 0 Å². The van der Waals surface area contributed by atoms with Gasteiger partial charge in [0.15, 0.2) is 6.29 Å². The highest BCUT2D eigenvalue weighted by Crippen LogP contribution is 2.21. The van der Waals surface area contributed by atoms with Crippen molar-refractivity contribution in [2.45, 2.75) is 44.7 Å². The molecule has 1 saturated heterocycles. The molecule has 17 heavy (non-hydrogen) atoms. The Kier molecular flexibility index (Phi) is 4.13. The molecule has 1 aliphatic rings. The van der Waals surface area contributed by atoms with E-state index in [2.05, 4.69) is 18.2 Å². The summed E-state index contributed by atoms with van der Waals surface area (Å²) in [5.74, 6) is 0. The van der Waals surface area contributed by atoms with Gasteiger partial charge in [0.2, 0.25) is 0 Å². The molecule has 3 nitrogen and oxygen atoms in total. The first-order valence-electron chi connectivity index (χ1n) is 6.02. The second-order valence-corrected chi connectivity index (χ2v) is 4.34. The molecule has 2 rings (SSSR count). The van der Waals surface area contributed by atoms with E-state index in [0.29, 0.717) is 6.42 Å². The number of hydrogen-bond acceptors (Lipinski definition) is 3. The van der Waals surface area contributed by atoms with Crippen LogP contribution in [0.3, 0.4) is 0 Å². The molecule has 0 amide bonds. The van der Waals surface area contributed by atoms with Crippen LogP contribution < -0.4 is 0 Å². The summed E-state index contributed by atoms with van der Waals surface area (Å²) < 4.78 is 11.0. The monoisotopic (exact) mass is 231 g/mol. The lowest BCUT2D eigenvalue weighted by molar-refractivity contribution is -0.221. The third kappa shape index (κ3) is 3.55. The molecule has 0 spiro atoms. The normalized spacial score (nSPS) is 28.6. The molecular formula is C14H17NO2. The smallest absolute Gasteiger partial charge is 0.156 e. The van der Waals surface area contributed by atoms with Crippen molar-refractivity contribution in [3.05, 3.63) is 35.9 Å². The highest BCUT2D eigenvalue weighted by Gasteiger charge is 2.27. The summed E-state index contributed by atoms with van der Waals surface area (Å²) in [5.41, 5.74) is 1.31. The molecule has 90 valence electrons. The first kappa shape index (κ1) is 12.1. The van der Waals surface area contributed by atoms with Gasteiger partial charge in [-0.2, -0.15) is 5.26 Å². The first-order chi connectivity index (χ1) is 8.28. The molecule has 1 aromatic carbocycles.